The first kappa shape index (κ1) is 16.3. The molecule has 0 amide bonds. The maximum atomic E-state index is 2.56. The SMILES string of the molecule is C1=CC(c2ccccc2)C2CC1C(c1ccccc1)C=C2c1ccccc1. The average Bonchev–Trinajstić information content (AvgIpc) is 2.76. The second-order valence-electron chi connectivity index (χ2n) is 7.75. The fourth-order valence-electron chi connectivity index (χ4n) is 4.92. The number of fused-ring (bicyclic) bond motifs is 2. The zero-order valence-corrected chi connectivity index (χ0v) is 15.4. The minimum absolute atomic E-state index is 0.464. The minimum Gasteiger partial charge on any atom is -0.0838 e. The van der Waals surface area contributed by atoms with Crippen molar-refractivity contribution in [1.82, 2.24) is 0 Å². The summed E-state index contributed by atoms with van der Waals surface area (Å²) in [7, 11) is 0. The summed E-state index contributed by atoms with van der Waals surface area (Å²) in [5.41, 5.74) is 5.74. The fourth-order valence-corrected chi connectivity index (χ4v) is 4.92. The van der Waals surface area contributed by atoms with Gasteiger partial charge in [-0.3, -0.25) is 0 Å². The highest BCUT2D eigenvalue weighted by atomic mass is 14.4. The third kappa shape index (κ3) is 3.06. The number of allylic oxidation sites excluding steroid dienone is 4. The van der Waals surface area contributed by atoms with Gasteiger partial charge in [-0.15, -0.1) is 0 Å². The van der Waals surface area contributed by atoms with E-state index in [0.717, 1.165) is 0 Å². The van der Waals surface area contributed by atoms with E-state index in [1.54, 1.807) is 0 Å². The monoisotopic (exact) mass is 348 g/mol. The number of hydrogen-bond acceptors (Lipinski definition) is 0. The van der Waals surface area contributed by atoms with Crippen molar-refractivity contribution >= 4 is 5.57 Å². The maximum absolute atomic E-state index is 2.56. The first-order valence-corrected chi connectivity index (χ1v) is 9.95. The molecular formula is C27H24. The highest BCUT2D eigenvalue weighted by Gasteiger charge is 2.38. The molecule has 0 radical (unpaired) electrons. The lowest BCUT2D eigenvalue weighted by atomic mass is 9.62. The Balaban J connectivity index is 1.62. The van der Waals surface area contributed by atoms with Gasteiger partial charge in [0.1, 0.15) is 0 Å². The average molecular weight is 348 g/mol. The molecule has 0 heteroatoms. The Morgan fingerprint density at radius 1 is 0.556 bits per heavy atom. The van der Waals surface area contributed by atoms with Gasteiger partial charge in [0.25, 0.3) is 0 Å². The van der Waals surface area contributed by atoms with Crippen LogP contribution in [0.5, 0.6) is 0 Å². The van der Waals surface area contributed by atoms with Crippen LogP contribution in [0.25, 0.3) is 5.57 Å². The molecule has 2 aliphatic carbocycles. The van der Waals surface area contributed by atoms with Gasteiger partial charge in [0, 0.05) is 11.8 Å². The van der Waals surface area contributed by atoms with E-state index >= 15 is 0 Å². The molecule has 5 rings (SSSR count). The van der Waals surface area contributed by atoms with Crippen LogP contribution >= 0.6 is 0 Å². The van der Waals surface area contributed by atoms with Gasteiger partial charge in [0.15, 0.2) is 0 Å². The smallest absolute Gasteiger partial charge is 0.00871 e. The van der Waals surface area contributed by atoms with E-state index < -0.39 is 0 Å². The summed E-state index contributed by atoms with van der Waals surface area (Å²) < 4.78 is 0. The van der Waals surface area contributed by atoms with E-state index in [0.29, 0.717) is 23.7 Å². The van der Waals surface area contributed by atoms with Gasteiger partial charge >= 0.3 is 0 Å². The molecule has 2 aliphatic rings. The molecule has 0 heterocycles. The summed E-state index contributed by atoms with van der Waals surface area (Å²) in [6.07, 6.45) is 8.73. The molecule has 4 unspecified atom stereocenters. The van der Waals surface area contributed by atoms with Gasteiger partial charge < -0.3 is 0 Å². The lowest BCUT2D eigenvalue weighted by molar-refractivity contribution is 0.391. The molecule has 132 valence electrons. The first-order chi connectivity index (χ1) is 13.4. The predicted molar refractivity (Wildman–Crippen MR) is 114 cm³/mol. The summed E-state index contributed by atoms with van der Waals surface area (Å²) >= 11 is 0. The Morgan fingerprint density at radius 2 is 1.11 bits per heavy atom. The van der Waals surface area contributed by atoms with Gasteiger partial charge in [0.2, 0.25) is 0 Å². The molecule has 0 fully saturated rings. The minimum atomic E-state index is 0.464. The van der Waals surface area contributed by atoms with E-state index in [-0.39, 0.29) is 0 Å². The molecule has 0 aliphatic heterocycles. The lowest BCUT2D eigenvalue weighted by Gasteiger charge is -2.41. The van der Waals surface area contributed by atoms with Crippen molar-refractivity contribution in [3.8, 4) is 0 Å². The standard InChI is InChI=1S/C27H24/c1-4-10-20(11-5-1)24-17-16-23-18-27(24)26(22-14-8-3-9-15-22)19-25(23)21-12-6-2-7-13-21/h1-17,19,23-25,27H,18H2. The van der Waals surface area contributed by atoms with Crippen LogP contribution in [-0.4, -0.2) is 0 Å². The van der Waals surface area contributed by atoms with E-state index in [1.165, 1.54) is 28.7 Å². The first-order valence-electron chi connectivity index (χ1n) is 9.95. The summed E-state index contributed by atoms with van der Waals surface area (Å²) in [6.45, 7) is 0. The molecule has 0 N–H and O–H groups in total. The third-order valence-electron chi connectivity index (χ3n) is 6.22. The largest absolute Gasteiger partial charge is 0.0838 e. The second-order valence-corrected chi connectivity index (χ2v) is 7.75. The normalized spacial score (nSPS) is 26.4. The number of rotatable bonds is 3. The van der Waals surface area contributed by atoms with Gasteiger partial charge in [-0.25, -0.2) is 0 Å². The highest BCUT2D eigenvalue weighted by Crippen LogP contribution is 2.51. The fraction of sp³-hybridized carbons (Fsp3) is 0.185. The molecule has 0 saturated heterocycles. The van der Waals surface area contributed by atoms with Gasteiger partial charge in [0.05, 0.1) is 0 Å². The van der Waals surface area contributed by atoms with Gasteiger partial charge in [-0.1, -0.05) is 109 Å². The second kappa shape index (κ2) is 7.04. The van der Waals surface area contributed by atoms with Crippen molar-refractivity contribution in [1.29, 1.82) is 0 Å². The van der Waals surface area contributed by atoms with Crippen molar-refractivity contribution in [2.75, 3.05) is 0 Å². The van der Waals surface area contributed by atoms with Crippen molar-refractivity contribution < 1.29 is 0 Å². The molecule has 2 bridgehead atoms. The van der Waals surface area contributed by atoms with Crippen LogP contribution in [-0.2, 0) is 0 Å². The Kier molecular flexibility index (Phi) is 4.26. The Morgan fingerprint density at radius 3 is 1.74 bits per heavy atom. The van der Waals surface area contributed by atoms with Gasteiger partial charge in [-0.2, -0.15) is 0 Å². The van der Waals surface area contributed by atoms with Crippen LogP contribution in [0.3, 0.4) is 0 Å². The van der Waals surface area contributed by atoms with Crippen LogP contribution < -0.4 is 0 Å². The van der Waals surface area contributed by atoms with Crippen molar-refractivity contribution in [2.24, 2.45) is 11.8 Å². The van der Waals surface area contributed by atoms with Crippen LogP contribution in [0.1, 0.15) is 34.9 Å². The molecule has 27 heavy (non-hydrogen) atoms. The van der Waals surface area contributed by atoms with E-state index in [1.807, 2.05) is 0 Å². The molecule has 3 aromatic carbocycles. The maximum Gasteiger partial charge on any atom is 0.00871 e. The van der Waals surface area contributed by atoms with Crippen LogP contribution in [0.4, 0.5) is 0 Å². The van der Waals surface area contributed by atoms with E-state index in [2.05, 4.69) is 109 Å². The molecule has 0 aromatic heterocycles. The molecular weight excluding hydrogens is 324 g/mol. The van der Waals surface area contributed by atoms with Crippen molar-refractivity contribution in [3.05, 3.63) is 126 Å². The lowest BCUT2D eigenvalue weighted by Crippen LogP contribution is -2.28. The number of benzene rings is 3. The zero-order chi connectivity index (χ0) is 18.1. The summed E-state index contributed by atoms with van der Waals surface area (Å²) in [6, 6.07) is 33.0. The van der Waals surface area contributed by atoms with Crippen molar-refractivity contribution in [2.45, 2.75) is 18.3 Å². The van der Waals surface area contributed by atoms with E-state index in [9.17, 15) is 0 Å². The quantitative estimate of drug-likeness (QED) is 0.454. The third-order valence-corrected chi connectivity index (χ3v) is 6.22. The Labute approximate surface area is 161 Å². The summed E-state index contributed by atoms with van der Waals surface area (Å²) in [4.78, 5) is 0. The van der Waals surface area contributed by atoms with Crippen LogP contribution in [0.15, 0.2) is 109 Å². The van der Waals surface area contributed by atoms with Crippen LogP contribution in [0, 0.1) is 11.8 Å². The molecule has 4 atom stereocenters. The molecule has 3 aromatic rings. The summed E-state index contributed by atoms with van der Waals surface area (Å²) in [5, 5.41) is 0. The summed E-state index contributed by atoms with van der Waals surface area (Å²) in [5.74, 6) is 2.06. The van der Waals surface area contributed by atoms with Crippen LogP contribution in [0.2, 0.25) is 0 Å². The van der Waals surface area contributed by atoms with Crippen molar-refractivity contribution in [3.63, 3.8) is 0 Å². The highest BCUT2D eigenvalue weighted by molar-refractivity contribution is 5.71. The Bertz CT molecular complexity index is 951. The molecule has 0 nitrogen and oxygen atoms in total. The molecule has 0 spiro atoms. The Hall–Kier alpha value is -2.86. The topological polar surface area (TPSA) is 0 Å². The van der Waals surface area contributed by atoms with Gasteiger partial charge in [-0.05, 0) is 40.5 Å². The molecule has 0 saturated carbocycles. The van der Waals surface area contributed by atoms with E-state index in [4.69, 9.17) is 0 Å². The number of hydrogen-bond donors (Lipinski definition) is 0. The predicted octanol–water partition coefficient (Wildman–Crippen LogP) is 6.84. The zero-order valence-electron chi connectivity index (χ0n) is 15.4.